The van der Waals surface area contributed by atoms with Crippen molar-refractivity contribution in [3.05, 3.63) is 34.7 Å². The van der Waals surface area contributed by atoms with Crippen LogP contribution in [-0.2, 0) is 4.74 Å². The topological polar surface area (TPSA) is 42.7 Å². The standard InChI is InChI=1S/C20H29NO3S/c1-21(2)16-10-11-17-18(14-16)24-20(22)15-19(17)25-13-9-7-5-4-6-8-12-23-3/h10-11,14-15H,4-9,12-13H2,1-3H3. The number of unbranched alkanes of at least 4 members (excludes halogenated alkanes) is 5. The van der Waals surface area contributed by atoms with E-state index in [2.05, 4.69) is 6.07 Å². The molecular weight excluding hydrogens is 334 g/mol. The van der Waals surface area contributed by atoms with Crippen molar-refractivity contribution >= 4 is 28.4 Å². The molecule has 0 saturated carbocycles. The van der Waals surface area contributed by atoms with Crippen LogP contribution in [-0.4, -0.2) is 33.6 Å². The van der Waals surface area contributed by atoms with E-state index in [1.54, 1.807) is 24.9 Å². The van der Waals surface area contributed by atoms with Gasteiger partial charge in [0, 0.05) is 55.9 Å². The first-order valence-electron chi connectivity index (χ1n) is 8.99. The van der Waals surface area contributed by atoms with Gasteiger partial charge in [0.1, 0.15) is 5.58 Å². The highest BCUT2D eigenvalue weighted by atomic mass is 32.2. The van der Waals surface area contributed by atoms with E-state index in [-0.39, 0.29) is 5.63 Å². The fraction of sp³-hybridized carbons (Fsp3) is 0.550. The van der Waals surface area contributed by atoms with Crippen LogP contribution in [0.5, 0.6) is 0 Å². The first-order chi connectivity index (χ1) is 12.1. The molecule has 0 radical (unpaired) electrons. The Morgan fingerprint density at radius 2 is 1.76 bits per heavy atom. The number of thioether (sulfide) groups is 1. The second-order valence-corrected chi connectivity index (χ2v) is 7.60. The maximum Gasteiger partial charge on any atom is 0.337 e. The average molecular weight is 364 g/mol. The number of fused-ring (bicyclic) bond motifs is 1. The molecule has 0 N–H and O–H groups in total. The Morgan fingerprint density at radius 3 is 2.48 bits per heavy atom. The third-order valence-electron chi connectivity index (χ3n) is 4.21. The number of ether oxygens (including phenoxy) is 1. The van der Waals surface area contributed by atoms with Gasteiger partial charge in [0.05, 0.1) is 0 Å². The third kappa shape index (κ3) is 6.40. The van der Waals surface area contributed by atoms with E-state index in [9.17, 15) is 4.79 Å². The van der Waals surface area contributed by atoms with Crippen LogP contribution in [0.1, 0.15) is 38.5 Å². The minimum Gasteiger partial charge on any atom is -0.423 e. The van der Waals surface area contributed by atoms with Crippen molar-refractivity contribution in [2.24, 2.45) is 0 Å². The van der Waals surface area contributed by atoms with Crippen molar-refractivity contribution in [1.82, 2.24) is 0 Å². The van der Waals surface area contributed by atoms with Crippen molar-refractivity contribution in [2.45, 2.75) is 43.4 Å². The summed E-state index contributed by atoms with van der Waals surface area (Å²) in [5, 5.41) is 1.02. The van der Waals surface area contributed by atoms with Crippen molar-refractivity contribution in [3.8, 4) is 0 Å². The van der Waals surface area contributed by atoms with E-state index in [4.69, 9.17) is 9.15 Å². The third-order valence-corrected chi connectivity index (χ3v) is 5.35. The summed E-state index contributed by atoms with van der Waals surface area (Å²) in [6, 6.07) is 7.66. The van der Waals surface area contributed by atoms with Crippen LogP contribution < -0.4 is 10.5 Å². The maximum absolute atomic E-state index is 11.8. The lowest BCUT2D eigenvalue weighted by molar-refractivity contribution is 0.192. The predicted octanol–water partition coefficient (Wildman–Crippen LogP) is 4.94. The lowest BCUT2D eigenvalue weighted by Gasteiger charge is -2.13. The van der Waals surface area contributed by atoms with Gasteiger partial charge in [-0.1, -0.05) is 25.7 Å². The summed E-state index contributed by atoms with van der Waals surface area (Å²) in [5.74, 6) is 1.03. The molecule has 0 aliphatic rings. The molecule has 2 rings (SSSR count). The highest BCUT2D eigenvalue weighted by molar-refractivity contribution is 7.99. The van der Waals surface area contributed by atoms with Crippen LogP contribution in [0.4, 0.5) is 5.69 Å². The number of methoxy groups -OCH3 is 1. The molecule has 2 aromatic rings. The average Bonchev–Trinajstić information content (AvgIpc) is 2.59. The Balaban J connectivity index is 1.85. The van der Waals surface area contributed by atoms with E-state index < -0.39 is 0 Å². The van der Waals surface area contributed by atoms with Gasteiger partial charge < -0.3 is 14.1 Å². The summed E-state index contributed by atoms with van der Waals surface area (Å²) in [7, 11) is 5.72. The molecule has 0 unspecified atom stereocenters. The molecule has 1 aromatic heterocycles. The van der Waals surface area contributed by atoms with Crippen molar-refractivity contribution in [2.75, 3.05) is 38.5 Å². The van der Waals surface area contributed by atoms with Crippen molar-refractivity contribution in [3.63, 3.8) is 0 Å². The van der Waals surface area contributed by atoms with E-state index in [1.165, 1.54) is 32.1 Å². The van der Waals surface area contributed by atoms with Crippen LogP contribution in [0, 0.1) is 0 Å². The second-order valence-electron chi connectivity index (χ2n) is 6.47. The molecule has 0 saturated heterocycles. The number of hydrogen-bond acceptors (Lipinski definition) is 5. The quantitative estimate of drug-likeness (QED) is 0.321. The fourth-order valence-corrected chi connectivity index (χ4v) is 3.83. The number of nitrogens with zero attached hydrogens (tertiary/aromatic N) is 1. The van der Waals surface area contributed by atoms with Gasteiger partial charge in [-0.15, -0.1) is 11.8 Å². The monoisotopic (exact) mass is 363 g/mol. The highest BCUT2D eigenvalue weighted by Gasteiger charge is 2.08. The number of rotatable bonds is 11. The Hall–Kier alpha value is -1.46. The second kappa shape index (κ2) is 10.5. The normalized spacial score (nSPS) is 11.2. The van der Waals surface area contributed by atoms with Gasteiger partial charge in [-0.2, -0.15) is 0 Å². The van der Waals surface area contributed by atoms with Crippen LogP contribution >= 0.6 is 11.8 Å². The SMILES string of the molecule is COCCCCCCCCSc1cc(=O)oc2cc(N(C)C)ccc12. The molecule has 0 aliphatic carbocycles. The zero-order chi connectivity index (χ0) is 18.1. The van der Waals surface area contributed by atoms with Gasteiger partial charge in [-0.05, 0) is 30.7 Å². The Kier molecular flexibility index (Phi) is 8.35. The molecule has 1 heterocycles. The van der Waals surface area contributed by atoms with Crippen molar-refractivity contribution < 1.29 is 9.15 Å². The van der Waals surface area contributed by atoms with Gasteiger partial charge in [-0.3, -0.25) is 0 Å². The zero-order valence-electron chi connectivity index (χ0n) is 15.5. The lowest BCUT2D eigenvalue weighted by Crippen LogP contribution is -2.08. The first-order valence-corrected chi connectivity index (χ1v) is 9.97. The van der Waals surface area contributed by atoms with Gasteiger partial charge in [0.25, 0.3) is 0 Å². The Labute approximate surface area is 154 Å². The molecule has 0 aliphatic heterocycles. The van der Waals surface area contributed by atoms with Gasteiger partial charge in [0.2, 0.25) is 0 Å². The summed E-state index contributed by atoms with van der Waals surface area (Å²) in [5.41, 5.74) is 1.43. The van der Waals surface area contributed by atoms with Gasteiger partial charge in [0.15, 0.2) is 0 Å². The van der Waals surface area contributed by atoms with E-state index in [1.807, 2.05) is 31.1 Å². The number of anilines is 1. The zero-order valence-corrected chi connectivity index (χ0v) is 16.4. The highest BCUT2D eigenvalue weighted by Crippen LogP contribution is 2.29. The molecule has 4 nitrogen and oxygen atoms in total. The van der Waals surface area contributed by atoms with E-state index in [0.717, 1.165) is 34.7 Å². The summed E-state index contributed by atoms with van der Waals surface area (Å²) in [6.07, 6.45) is 7.37. The molecule has 0 amide bonds. The first kappa shape index (κ1) is 19.9. The van der Waals surface area contributed by atoms with Gasteiger partial charge >= 0.3 is 5.63 Å². The molecule has 0 atom stereocenters. The van der Waals surface area contributed by atoms with E-state index >= 15 is 0 Å². The maximum atomic E-state index is 11.8. The largest absolute Gasteiger partial charge is 0.423 e. The number of benzene rings is 1. The van der Waals surface area contributed by atoms with Crippen LogP contribution in [0.2, 0.25) is 0 Å². The van der Waals surface area contributed by atoms with Crippen LogP contribution in [0.25, 0.3) is 11.0 Å². The molecule has 25 heavy (non-hydrogen) atoms. The summed E-state index contributed by atoms with van der Waals surface area (Å²) < 4.78 is 10.4. The summed E-state index contributed by atoms with van der Waals surface area (Å²) in [4.78, 5) is 14.9. The predicted molar refractivity (Wildman–Crippen MR) is 107 cm³/mol. The van der Waals surface area contributed by atoms with Gasteiger partial charge in [-0.25, -0.2) is 4.79 Å². The minimum atomic E-state index is -0.274. The molecular formula is C20H29NO3S. The Morgan fingerprint density at radius 1 is 1.04 bits per heavy atom. The number of hydrogen-bond donors (Lipinski definition) is 0. The molecule has 5 heteroatoms. The molecule has 138 valence electrons. The molecule has 0 bridgehead atoms. The van der Waals surface area contributed by atoms with Crippen LogP contribution in [0.15, 0.2) is 38.4 Å². The molecule has 1 aromatic carbocycles. The fourth-order valence-electron chi connectivity index (χ4n) is 2.76. The lowest BCUT2D eigenvalue weighted by atomic mass is 10.1. The smallest absolute Gasteiger partial charge is 0.337 e. The molecule has 0 fully saturated rings. The summed E-state index contributed by atoms with van der Waals surface area (Å²) >= 11 is 1.76. The minimum absolute atomic E-state index is 0.274. The van der Waals surface area contributed by atoms with Crippen molar-refractivity contribution in [1.29, 1.82) is 0 Å². The van der Waals surface area contributed by atoms with Crippen LogP contribution in [0.3, 0.4) is 0 Å². The van der Waals surface area contributed by atoms with E-state index in [0.29, 0.717) is 5.58 Å². The Bertz CT molecular complexity index is 712. The summed E-state index contributed by atoms with van der Waals surface area (Å²) in [6.45, 7) is 0.870. The molecule has 0 spiro atoms.